The van der Waals surface area contributed by atoms with Gasteiger partial charge in [-0.25, -0.2) is 0 Å². The van der Waals surface area contributed by atoms with Crippen LogP contribution in [0.15, 0.2) is 45.8 Å². The molecule has 4 nitrogen and oxygen atoms in total. The van der Waals surface area contributed by atoms with Gasteiger partial charge in [0.1, 0.15) is 11.3 Å². The maximum Gasteiger partial charge on any atom is 0.161 e. The summed E-state index contributed by atoms with van der Waals surface area (Å²) in [5.74, 6) is 2.12. The molecule has 1 aromatic heterocycles. The number of methoxy groups -OCH3 is 2. The lowest BCUT2D eigenvalue weighted by atomic mass is 10.0. The number of ether oxygens (including phenoxy) is 2. The van der Waals surface area contributed by atoms with Crippen LogP contribution in [0.3, 0.4) is 0 Å². The Morgan fingerprint density at radius 2 is 1.74 bits per heavy atom. The van der Waals surface area contributed by atoms with E-state index in [2.05, 4.69) is 39.8 Å². The maximum absolute atomic E-state index is 6.28. The monoisotopic (exact) mass is 365 g/mol. The molecule has 0 bridgehead atoms. The lowest BCUT2D eigenvalue weighted by molar-refractivity contribution is 0.355. The standard InChI is InChI=1S/C23H27NO3/c1-7-16(4)24-18-13-20(17-8-9-19(25-5)21(12-17)26-6)27-22-11-14(2)10-15(3)23(18)22/h8-13,16H,7H2,1-6H3. The Kier molecular flexibility index (Phi) is 5.54. The van der Waals surface area contributed by atoms with Crippen molar-refractivity contribution in [1.82, 2.24) is 0 Å². The van der Waals surface area contributed by atoms with Crippen molar-refractivity contribution in [2.75, 3.05) is 14.2 Å². The van der Waals surface area contributed by atoms with E-state index in [1.807, 2.05) is 24.3 Å². The largest absolute Gasteiger partial charge is 0.493 e. The SMILES string of the molecule is CCC(C)N=c1cc(-c2ccc(OC)c(OC)c2)oc2cc(C)cc(C)c12. The molecule has 0 saturated carbocycles. The zero-order valence-electron chi connectivity index (χ0n) is 16.9. The number of fused-ring (bicyclic) bond motifs is 1. The Hall–Kier alpha value is -2.75. The van der Waals surface area contributed by atoms with E-state index in [0.29, 0.717) is 11.5 Å². The molecular weight excluding hydrogens is 338 g/mol. The van der Waals surface area contributed by atoms with Crippen LogP contribution >= 0.6 is 0 Å². The van der Waals surface area contributed by atoms with Crippen molar-refractivity contribution in [1.29, 1.82) is 0 Å². The minimum Gasteiger partial charge on any atom is -0.493 e. The van der Waals surface area contributed by atoms with Crippen molar-refractivity contribution in [3.05, 3.63) is 52.9 Å². The van der Waals surface area contributed by atoms with Crippen LogP contribution < -0.4 is 14.8 Å². The van der Waals surface area contributed by atoms with Crippen LogP contribution in [0.1, 0.15) is 31.4 Å². The van der Waals surface area contributed by atoms with Gasteiger partial charge in [-0.3, -0.25) is 4.99 Å². The molecule has 27 heavy (non-hydrogen) atoms. The molecule has 2 aromatic carbocycles. The van der Waals surface area contributed by atoms with E-state index in [-0.39, 0.29) is 6.04 Å². The Bertz CT molecular complexity index is 1030. The highest BCUT2D eigenvalue weighted by molar-refractivity contribution is 5.82. The molecule has 3 rings (SSSR count). The smallest absolute Gasteiger partial charge is 0.161 e. The van der Waals surface area contributed by atoms with Gasteiger partial charge in [0.25, 0.3) is 0 Å². The molecule has 142 valence electrons. The summed E-state index contributed by atoms with van der Waals surface area (Å²) in [5.41, 5.74) is 4.12. The number of nitrogens with zero attached hydrogens (tertiary/aromatic N) is 1. The van der Waals surface area contributed by atoms with Gasteiger partial charge in [0, 0.05) is 23.1 Å². The quantitative estimate of drug-likeness (QED) is 0.605. The number of hydrogen-bond donors (Lipinski definition) is 0. The molecule has 0 amide bonds. The first-order valence-electron chi connectivity index (χ1n) is 9.28. The van der Waals surface area contributed by atoms with Crippen molar-refractivity contribution in [2.45, 2.75) is 40.2 Å². The van der Waals surface area contributed by atoms with Gasteiger partial charge in [-0.15, -0.1) is 0 Å². The van der Waals surface area contributed by atoms with Crippen LogP contribution in [-0.4, -0.2) is 20.3 Å². The summed E-state index contributed by atoms with van der Waals surface area (Å²) in [4.78, 5) is 4.94. The van der Waals surface area contributed by atoms with Crippen LogP contribution in [0.2, 0.25) is 0 Å². The molecule has 0 spiro atoms. The Labute approximate surface area is 160 Å². The highest BCUT2D eigenvalue weighted by Crippen LogP contribution is 2.33. The molecule has 0 saturated heterocycles. The molecular formula is C23H27NO3. The summed E-state index contributed by atoms with van der Waals surface area (Å²) >= 11 is 0. The summed E-state index contributed by atoms with van der Waals surface area (Å²) in [6, 6.07) is 12.3. The molecule has 0 aliphatic carbocycles. The molecule has 1 unspecified atom stereocenters. The van der Waals surface area contributed by atoms with E-state index < -0.39 is 0 Å². The van der Waals surface area contributed by atoms with Crippen molar-refractivity contribution >= 4 is 11.0 Å². The first-order valence-corrected chi connectivity index (χ1v) is 9.28. The number of benzene rings is 2. The van der Waals surface area contributed by atoms with Crippen LogP contribution in [0, 0.1) is 13.8 Å². The topological polar surface area (TPSA) is 44.0 Å². The molecule has 0 aliphatic rings. The van der Waals surface area contributed by atoms with Gasteiger partial charge in [-0.1, -0.05) is 13.0 Å². The first kappa shape index (κ1) is 19.0. The summed E-state index contributed by atoms with van der Waals surface area (Å²) in [5, 5.41) is 2.04. The second kappa shape index (κ2) is 7.87. The van der Waals surface area contributed by atoms with E-state index in [9.17, 15) is 0 Å². The van der Waals surface area contributed by atoms with E-state index in [1.54, 1.807) is 14.2 Å². The van der Waals surface area contributed by atoms with Gasteiger partial charge in [0.15, 0.2) is 11.5 Å². The van der Waals surface area contributed by atoms with Crippen LogP contribution in [-0.2, 0) is 0 Å². The van der Waals surface area contributed by atoms with Gasteiger partial charge in [-0.05, 0) is 62.6 Å². The predicted molar refractivity (Wildman–Crippen MR) is 110 cm³/mol. The second-order valence-corrected chi connectivity index (χ2v) is 6.91. The van der Waals surface area contributed by atoms with E-state index in [1.165, 1.54) is 11.1 Å². The van der Waals surface area contributed by atoms with Crippen LogP contribution in [0.5, 0.6) is 11.5 Å². The average molecular weight is 365 g/mol. The minimum atomic E-state index is 0.245. The summed E-state index contributed by atoms with van der Waals surface area (Å²) < 4.78 is 17.1. The molecule has 1 heterocycles. The zero-order chi connectivity index (χ0) is 19.6. The molecule has 3 aromatic rings. The van der Waals surface area contributed by atoms with Crippen molar-refractivity contribution in [3.8, 4) is 22.8 Å². The van der Waals surface area contributed by atoms with Crippen LogP contribution in [0.25, 0.3) is 22.3 Å². The fourth-order valence-corrected chi connectivity index (χ4v) is 3.24. The molecule has 4 heteroatoms. The molecule has 0 N–H and O–H groups in total. The van der Waals surface area contributed by atoms with E-state index >= 15 is 0 Å². The third-order valence-electron chi connectivity index (χ3n) is 4.81. The first-order chi connectivity index (χ1) is 13.0. The fraction of sp³-hybridized carbons (Fsp3) is 0.348. The highest BCUT2D eigenvalue weighted by atomic mass is 16.5. The Balaban J connectivity index is 2.30. The van der Waals surface area contributed by atoms with Crippen molar-refractivity contribution < 1.29 is 13.9 Å². The lowest BCUT2D eigenvalue weighted by Gasteiger charge is -2.12. The zero-order valence-corrected chi connectivity index (χ0v) is 16.9. The summed E-state index contributed by atoms with van der Waals surface area (Å²) in [6.07, 6.45) is 0.990. The van der Waals surface area contributed by atoms with Crippen molar-refractivity contribution in [2.24, 2.45) is 4.99 Å². The third-order valence-corrected chi connectivity index (χ3v) is 4.81. The number of hydrogen-bond acceptors (Lipinski definition) is 4. The van der Waals surface area contributed by atoms with Gasteiger partial charge in [-0.2, -0.15) is 0 Å². The number of aryl methyl sites for hydroxylation is 2. The second-order valence-electron chi connectivity index (χ2n) is 6.91. The average Bonchev–Trinajstić information content (AvgIpc) is 2.66. The third kappa shape index (κ3) is 3.85. The Morgan fingerprint density at radius 1 is 1.00 bits per heavy atom. The highest BCUT2D eigenvalue weighted by Gasteiger charge is 2.12. The molecule has 0 fully saturated rings. The van der Waals surface area contributed by atoms with E-state index in [4.69, 9.17) is 18.9 Å². The van der Waals surface area contributed by atoms with Crippen molar-refractivity contribution in [3.63, 3.8) is 0 Å². The van der Waals surface area contributed by atoms with Gasteiger partial charge < -0.3 is 13.9 Å². The molecule has 0 radical (unpaired) electrons. The van der Waals surface area contributed by atoms with Gasteiger partial charge in [0.05, 0.1) is 19.6 Å². The molecule has 1 atom stereocenters. The lowest BCUT2D eigenvalue weighted by Crippen LogP contribution is -2.10. The maximum atomic E-state index is 6.28. The fourth-order valence-electron chi connectivity index (χ4n) is 3.24. The summed E-state index contributed by atoms with van der Waals surface area (Å²) in [7, 11) is 3.27. The molecule has 0 aliphatic heterocycles. The predicted octanol–water partition coefficient (Wildman–Crippen LogP) is 5.43. The van der Waals surface area contributed by atoms with Crippen LogP contribution in [0.4, 0.5) is 0 Å². The van der Waals surface area contributed by atoms with E-state index in [0.717, 1.165) is 34.1 Å². The normalized spacial score (nSPS) is 13.0. The number of rotatable bonds is 5. The minimum absolute atomic E-state index is 0.245. The summed E-state index contributed by atoms with van der Waals surface area (Å²) in [6.45, 7) is 8.47. The Morgan fingerprint density at radius 3 is 2.41 bits per heavy atom. The van der Waals surface area contributed by atoms with Gasteiger partial charge in [0.2, 0.25) is 0 Å². The van der Waals surface area contributed by atoms with Gasteiger partial charge >= 0.3 is 0 Å².